The average Bonchev–Trinajstić information content (AvgIpc) is 2.81. The molecule has 0 saturated carbocycles. The van der Waals surface area contributed by atoms with Gasteiger partial charge in [0, 0.05) is 5.39 Å². The second-order valence-electron chi connectivity index (χ2n) is 4.03. The number of ether oxygens (including phenoxy) is 1. The fourth-order valence-corrected chi connectivity index (χ4v) is 1.80. The Balaban J connectivity index is 2.05. The third-order valence-electron chi connectivity index (χ3n) is 2.69. The third-order valence-corrected chi connectivity index (χ3v) is 2.69. The molecule has 1 N–H and O–H groups in total. The highest BCUT2D eigenvalue weighted by atomic mass is 16.5. The Labute approximate surface area is 111 Å². The number of amides is 1. The van der Waals surface area contributed by atoms with Gasteiger partial charge in [-0.2, -0.15) is 0 Å². The maximum absolute atomic E-state index is 11.3. The van der Waals surface area contributed by atoms with Crippen LogP contribution in [0.2, 0.25) is 0 Å². The number of rotatable bonds is 3. The molecule has 0 saturated heterocycles. The Morgan fingerprint density at radius 3 is 2.89 bits per heavy atom. The lowest BCUT2D eigenvalue weighted by Gasteiger charge is -2.12. The lowest BCUT2D eigenvalue weighted by molar-refractivity contribution is -0.152. The molecule has 19 heavy (non-hydrogen) atoms. The van der Waals surface area contributed by atoms with Crippen LogP contribution in [0.15, 0.2) is 34.9 Å². The van der Waals surface area contributed by atoms with E-state index in [2.05, 4.69) is 10.1 Å². The lowest BCUT2D eigenvalue weighted by Crippen LogP contribution is -2.41. The van der Waals surface area contributed by atoms with E-state index in [-0.39, 0.29) is 0 Å². The molecule has 2 radical (unpaired) electrons. The molecule has 2 aromatic rings. The predicted octanol–water partition coefficient (Wildman–Crippen LogP) is 0.759. The van der Waals surface area contributed by atoms with E-state index in [1.165, 1.54) is 0 Å². The van der Waals surface area contributed by atoms with E-state index < -0.39 is 17.8 Å². The molecule has 2 rings (SSSR count). The monoisotopic (exact) mass is 257 g/mol. The fraction of sp³-hybridized carbons (Fsp3) is 0.231. The molecule has 0 fully saturated rings. The Morgan fingerprint density at radius 2 is 2.16 bits per heavy atom. The number of methoxy groups -OCH3 is 1. The zero-order valence-electron chi connectivity index (χ0n) is 10.4. The zero-order valence-corrected chi connectivity index (χ0v) is 10.4. The van der Waals surface area contributed by atoms with Crippen molar-refractivity contribution in [2.45, 2.75) is 12.4 Å². The van der Waals surface area contributed by atoms with Crippen LogP contribution < -0.4 is 5.32 Å². The topological polar surface area (TPSA) is 68.5 Å². The highest BCUT2D eigenvalue weighted by molar-refractivity contribution is 6.33. The summed E-state index contributed by atoms with van der Waals surface area (Å²) in [5, 5.41) is 3.29. The number of para-hydroxylation sites is 1. The number of esters is 1. The summed E-state index contributed by atoms with van der Waals surface area (Å²) in [7, 11) is 6.90. The van der Waals surface area contributed by atoms with Crippen LogP contribution in [-0.4, -0.2) is 32.8 Å². The van der Waals surface area contributed by atoms with Crippen LogP contribution >= 0.6 is 0 Å². The van der Waals surface area contributed by atoms with Crippen LogP contribution in [0.5, 0.6) is 0 Å². The van der Waals surface area contributed by atoms with Crippen molar-refractivity contribution in [3.63, 3.8) is 0 Å². The highest BCUT2D eigenvalue weighted by Gasteiger charge is 2.17. The SMILES string of the molecule is [B]C(Cc1coc2ccccc12)NC(=O)C(=O)OC. The van der Waals surface area contributed by atoms with Crippen LogP contribution in [0.4, 0.5) is 0 Å². The minimum absolute atomic E-state index is 0.361. The first kappa shape index (κ1) is 13.2. The standard InChI is InChI=1S/C13H12BNO4/c1-18-13(17)12(16)15-11(14)6-8-7-19-10-5-3-2-4-9(8)10/h2-5,7,11H,6H2,1H3,(H,15,16). The van der Waals surface area contributed by atoms with Gasteiger partial charge in [0.1, 0.15) is 5.58 Å². The lowest BCUT2D eigenvalue weighted by atomic mass is 9.89. The second-order valence-corrected chi connectivity index (χ2v) is 4.03. The average molecular weight is 257 g/mol. The molecule has 0 bridgehead atoms. The van der Waals surface area contributed by atoms with Crippen molar-refractivity contribution in [3.8, 4) is 0 Å². The molecule has 1 aromatic carbocycles. The van der Waals surface area contributed by atoms with Crippen LogP contribution in [0.3, 0.4) is 0 Å². The van der Waals surface area contributed by atoms with Gasteiger partial charge in [0.2, 0.25) is 0 Å². The Hall–Kier alpha value is -2.24. The third kappa shape index (κ3) is 2.96. The van der Waals surface area contributed by atoms with Gasteiger partial charge >= 0.3 is 11.9 Å². The summed E-state index contributed by atoms with van der Waals surface area (Å²) in [4.78, 5) is 22.2. The molecule has 0 aliphatic rings. The first-order valence-electron chi connectivity index (χ1n) is 5.71. The minimum atomic E-state index is -0.965. The van der Waals surface area contributed by atoms with Crippen LogP contribution in [0, 0.1) is 0 Å². The van der Waals surface area contributed by atoms with Crippen molar-refractivity contribution in [2.75, 3.05) is 7.11 Å². The summed E-state index contributed by atoms with van der Waals surface area (Å²) in [6, 6.07) is 7.51. The van der Waals surface area contributed by atoms with Crippen LogP contribution in [-0.2, 0) is 20.7 Å². The van der Waals surface area contributed by atoms with E-state index in [4.69, 9.17) is 12.3 Å². The Kier molecular flexibility index (Phi) is 3.89. The molecule has 0 aliphatic carbocycles. The van der Waals surface area contributed by atoms with E-state index in [1.807, 2.05) is 24.3 Å². The molecular formula is C13H12BNO4. The number of hydrogen-bond donors (Lipinski definition) is 1. The predicted molar refractivity (Wildman–Crippen MR) is 69.6 cm³/mol. The van der Waals surface area contributed by atoms with Crippen molar-refractivity contribution < 1.29 is 18.7 Å². The highest BCUT2D eigenvalue weighted by Crippen LogP contribution is 2.21. The van der Waals surface area contributed by atoms with Crippen molar-refractivity contribution in [1.82, 2.24) is 5.32 Å². The summed E-state index contributed by atoms with van der Waals surface area (Å²) in [5.41, 5.74) is 1.62. The second kappa shape index (κ2) is 5.60. The van der Waals surface area contributed by atoms with Crippen molar-refractivity contribution >= 4 is 30.7 Å². The maximum Gasteiger partial charge on any atom is 0.396 e. The number of hydrogen-bond acceptors (Lipinski definition) is 4. The molecular weight excluding hydrogens is 245 g/mol. The number of furan rings is 1. The quantitative estimate of drug-likeness (QED) is 0.500. The van der Waals surface area contributed by atoms with Gasteiger partial charge in [-0.15, -0.1) is 0 Å². The van der Waals surface area contributed by atoms with E-state index in [1.54, 1.807) is 6.26 Å². The van der Waals surface area contributed by atoms with Gasteiger partial charge in [-0.05, 0) is 24.0 Å². The molecule has 96 valence electrons. The molecule has 1 atom stereocenters. The Bertz CT molecular complexity index is 607. The van der Waals surface area contributed by atoms with Gasteiger partial charge < -0.3 is 14.5 Å². The number of nitrogens with one attached hydrogen (secondary N) is 1. The number of carbonyl (C=O) groups excluding carboxylic acids is 2. The first-order valence-corrected chi connectivity index (χ1v) is 5.71. The van der Waals surface area contributed by atoms with Crippen molar-refractivity contribution in [2.24, 2.45) is 0 Å². The smallest absolute Gasteiger partial charge is 0.396 e. The van der Waals surface area contributed by atoms with Crippen LogP contribution in [0.1, 0.15) is 5.56 Å². The van der Waals surface area contributed by atoms with E-state index >= 15 is 0 Å². The summed E-state index contributed by atoms with van der Waals surface area (Å²) < 4.78 is 9.66. The zero-order chi connectivity index (χ0) is 13.8. The molecule has 1 unspecified atom stereocenters. The maximum atomic E-state index is 11.3. The van der Waals surface area contributed by atoms with Crippen molar-refractivity contribution in [3.05, 3.63) is 36.1 Å². The summed E-state index contributed by atoms with van der Waals surface area (Å²) in [5.74, 6) is -2.51. The largest absolute Gasteiger partial charge is 0.464 e. The molecule has 0 aliphatic heterocycles. The van der Waals surface area contributed by atoms with Crippen molar-refractivity contribution in [1.29, 1.82) is 0 Å². The molecule has 1 aromatic heterocycles. The molecule has 0 spiro atoms. The number of fused-ring (bicyclic) bond motifs is 1. The normalized spacial score (nSPS) is 12.1. The van der Waals surface area contributed by atoms with Gasteiger partial charge in [0.15, 0.2) is 0 Å². The van der Waals surface area contributed by atoms with Gasteiger partial charge in [-0.1, -0.05) is 18.2 Å². The van der Waals surface area contributed by atoms with E-state index in [0.717, 1.165) is 23.6 Å². The fourth-order valence-electron chi connectivity index (χ4n) is 1.80. The molecule has 1 heterocycles. The summed E-state index contributed by atoms with van der Waals surface area (Å²) in [6.07, 6.45) is 1.95. The van der Waals surface area contributed by atoms with Crippen LogP contribution in [0.25, 0.3) is 11.0 Å². The van der Waals surface area contributed by atoms with Gasteiger partial charge in [0.25, 0.3) is 0 Å². The summed E-state index contributed by atoms with van der Waals surface area (Å²) in [6.45, 7) is 0. The Morgan fingerprint density at radius 1 is 1.42 bits per heavy atom. The number of carbonyl (C=O) groups is 2. The number of benzene rings is 1. The summed E-state index contributed by atoms with van der Waals surface area (Å²) >= 11 is 0. The molecule has 5 nitrogen and oxygen atoms in total. The van der Waals surface area contributed by atoms with E-state index in [9.17, 15) is 9.59 Å². The minimum Gasteiger partial charge on any atom is -0.464 e. The molecule has 1 amide bonds. The first-order chi connectivity index (χ1) is 9.11. The van der Waals surface area contributed by atoms with Gasteiger partial charge in [-0.3, -0.25) is 4.79 Å². The van der Waals surface area contributed by atoms with E-state index in [0.29, 0.717) is 6.42 Å². The van der Waals surface area contributed by atoms with Gasteiger partial charge in [-0.25, -0.2) is 4.79 Å². The molecule has 6 heteroatoms. The van der Waals surface area contributed by atoms with Gasteiger partial charge in [0.05, 0.1) is 21.2 Å².